The zero-order valence-electron chi connectivity index (χ0n) is 9.36. The molecule has 1 saturated heterocycles. The molecule has 1 aromatic heterocycles. The second-order valence-corrected chi connectivity index (χ2v) is 5.14. The molecule has 0 radical (unpaired) electrons. The fourth-order valence-corrected chi connectivity index (χ4v) is 3.16. The molecule has 3 rings (SSSR count). The Morgan fingerprint density at radius 1 is 1.18 bits per heavy atom. The van der Waals surface area contributed by atoms with Crippen LogP contribution in [0.5, 0.6) is 0 Å². The van der Waals surface area contributed by atoms with Crippen LogP contribution in [0, 0.1) is 5.82 Å². The van der Waals surface area contributed by atoms with E-state index in [9.17, 15) is 4.39 Å². The molecule has 1 fully saturated rings. The van der Waals surface area contributed by atoms with Crippen molar-refractivity contribution in [3.05, 3.63) is 24.0 Å². The molecule has 0 spiro atoms. The van der Waals surface area contributed by atoms with Crippen LogP contribution in [-0.4, -0.2) is 18.1 Å². The molecule has 2 heterocycles. The van der Waals surface area contributed by atoms with Gasteiger partial charge in [-0.2, -0.15) is 0 Å². The van der Waals surface area contributed by atoms with Gasteiger partial charge in [-0.25, -0.2) is 9.37 Å². The molecular formula is C12H14ClFN2S. The van der Waals surface area contributed by atoms with E-state index < -0.39 is 0 Å². The monoisotopic (exact) mass is 272 g/mol. The number of anilines is 1. The Morgan fingerprint density at radius 3 is 2.65 bits per heavy atom. The number of benzene rings is 1. The summed E-state index contributed by atoms with van der Waals surface area (Å²) in [6.45, 7) is 2.11. The number of hydrogen-bond donors (Lipinski definition) is 0. The average Bonchev–Trinajstić information content (AvgIpc) is 2.76. The van der Waals surface area contributed by atoms with Crippen molar-refractivity contribution in [2.45, 2.75) is 19.3 Å². The van der Waals surface area contributed by atoms with Gasteiger partial charge in [0.15, 0.2) is 5.13 Å². The van der Waals surface area contributed by atoms with Gasteiger partial charge in [0, 0.05) is 13.1 Å². The van der Waals surface area contributed by atoms with Crippen LogP contribution in [0.4, 0.5) is 9.52 Å². The highest BCUT2D eigenvalue weighted by Crippen LogP contribution is 2.31. The summed E-state index contributed by atoms with van der Waals surface area (Å²) < 4.78 is 14.4. The van der Waals surface area contributed by atoms with Crippen LogP contribution in [-0.2, 0) is 0 Å². The Hall–Kier alpha value is -0.870. The SMILES string of the molecule is Cl.Fc1cccc2sc(N3CCCCC3)nc12. The van der Waals surface area contributed by atoms with E-state index >= 15 is 0 Å². The highest BCUT2D eigenvalue weighted by molar-refractivity contribution is 7.22. The van der Waals surface area contributed by atoms with Crippen molar-refractivity contribution in [2.24, 2.45) is 0 Å². The van der Waals surface area contributed by atoms with Gasteiger partial charge in [0.1, 0.15) is 11.3 Å². The van der Waals surface area contributed by atoms with Crippen molar-refractivity contribution in [2.75, 3.05) is 18.0 Å². The van der Waals surface area contributed by atoms with Crippen LogP contribution in [0.15, 0.2) is 18.2 Å². The maximum Gasteiger partial charge on any atom is 0.186 e. The van der Waals surface area contributed by atoms with Crippen LogP contribution in [0.3, 0.4) is 0 Å². The number of piperidine rings is 1. The first-order valence-corrected chi connectivity index (χ1v) is 6.46. The van der Waals surface area contributed by atoms with Crippen molar-refractivity contribution < 1.29 is 4.39 Å². The van der Waals surface area contributed by atoms with Gasteiger partial charge < -0.3 is 4.90 Å². The van der Waals surface area contributed by atoms with E-state index in [0.29, 0.717) is 5.52 Å². The van der Waals surface area contributed by atoms with Crippen LogP contribution < -0.4 is 4.90 Å². The summed E-state index contributed by atoms with van der Waals surface area (Å²) in [5, 5.41) is 0.972. The Balaban J connectivity index is 0.00000108. The summed E-state index contributed by atoms with van der Waals surface area (Å²) in [6.07, 6.45) is 3.74. The highest BCUT2D eigenvalue weighted by Gasteiger charge is 2.16. The van der Waals surface area contributed by atoms with Crippen molar-refractivity contribution in [1.82, 2.24) is 4.98 Å². The average molecular weight is 273 g/mol. The third kappa shape index (κ3) is 2.38. The van der Waals surface area contributed by atoms with Crippen LogP contribution in [0.2, 0.25) is 0 Å². The van der Waals surface area contributed by atoms with Gasteiger partial charge in [-0.15, -0.1) is 12.4 Å². The third-order valence-electron chi connectivity index (χ3n) is 2.99. The predicted molar refractivity (Wildman–Crippen MR) is 72.9 cm³/mol. The third-order valence-corrected chi connectivity index (χ3v) is 4.07. The van der Waals surface area contributed by atoms with Gasteiger partial charge in [-0.1, -0.05) is 17.4 Å². The molecular weight excluding hydrogens is 259 g/mol. The fraction of sp³-hybridized carbons (Fsp3) is 0.417. The summed E-state index contributed by atoms with van der Waals surface area (Å²) in [7, 11) is 0. The molecule has 1 aromatic carbocycles. The summed E-state index contributed by atoms with van der Waals surface area (Å²) in [5.74, 6) is -0.211. The number of para-hydroxylation sites is 1. The standard InChI is InChI=1S/C12H13FN2S.ClH/c13-9-5-4-6-10-11(9)14-12(16-10)15-7-2-1-3-8-15;/h4-6H,1-3,7-8H2;1H. The Bertz CT molecular complexity index is 508. The quantitative estimate of drug-likeness (QED) is 0.784. The van der Waals surface area contributed by atoms with E-state index in [1.165, 1.54) is 25.3 Å². The number of thiazole rings is 1. The molecule has 1 aliphatic rings. The smallest absolute Gasteiger partial charge is 0.186 e. The van der Waals surface area contributed by atoms with E-state index in [-0.39, 0.29) is 18.2 Å². The zero-order valence-corrected chi connectivity index (χ0v) is 11.0. The predicted octanol–water partition coefficient (Wildman–Crippen LogP) is 3.85. The van der Waals surface area contributed by atoms with Gasteiger partial charge in [0.2, 0.25) is 0 Å². The molecule has 0 saturated carbocycles. The Labute approximate surface area is 110 Å². The lowest BCUT2D eigenvalue weighted by Gasteiger charge is -2.25. The van der Waals surface area contributed by atoms with E-state index in [1.54, 1.807) is 17.4 Å². The topological polar surface area (TPSA) is 16.1 Å². The number of rotatable bonds is 1. The first-order chi connectivity index (χ1) is 7.84. The first-order valence-electron chi connectivity index (χ1n) is 5.64. The summed E-state index contributed by atoms with van der Waals surface area (Å²) in [5.41, 5.74) is 0.521. The highest BCUT2D eigenvalue weighted by atomic mass is 35.5. The van der Waals surface area contributed by atoms with Crippen LogP contribution in [0.1, 0.15) is 19.3 Å². The Kier molecular flexibility index (Phi) is 3.84. The normalized spacial score (nSPS) is 15.9. The lowest BCUT2D eigenvalue weighted by atomic mass is 10.1. The summed E-state index contributed by atoms with van der Waals surface area (Å²) in [4.78, 5) is 6.68. The molecule has 0 atom stereocenters. The summed E-state index contributed by atoms with van der Waals surface area (Å²) >= 11 is 1.59. The molecule has 2 nitrogen and oxygen atoms in total. The number of halogens is 2. The lowest BCUT2D eigenvalue weighted by molar-refractivity contribution is 0.577. The minimum Gasteiger partial charge on any atom is -0.348 e. The molecule has 17 heavy (non-hydrogen) atoms. The van der Waals surface area contributed by atoms with Crippen molar-refractivity contribution in [3.63, 3.8) is 0 Å². The van der Waals surface area contributed by atoms with Gasteiger partial charge >= 0.3 is 0 Å². The minimum absolute atomic E-state index is 0. The summed E-state index contributed by atoms with van der Waals surface area (Å²) in [6, 6.07) is 5.15. The molecule has 2 aromatic rings. The van der Waals surface area contributed by atoms with E-state index in [4.69, 9.17) is 0 Å². The molecule has 1 aliphatic heterocycles. The van der Waals surface area contributed by atoms with Gasteiger partial charge in [-0.05, 0) is 31.4 Å². The van der Waals surface area contributed by atoms with Gasteiger partial charge in [0.25, 0.3) is 0 Å². The Morgan fingerprint density at radius 2 is 1.94 bits per heavy atom. The maximum atomic E-state index is 13.5. The van der Waals surface area contributed by atoms with Crippen LogP contribution >= 0.6 is 23.7 Å². The van der Waals surface area contributed by atoms with E-state index in [0.717, 1.165) is 22.9 Å². The van der Waals surface area contributed by atoms with Crippen molar-refractivity contribution in [1.29, 1.82) is 0 Å². The fourth-order valence-electron chi connectivity index (χ4n) is 2.12. The zero-order chi connectivity index (χ0) is 11.0. The second-order valence-electron chi connectivity index (χ2n) is 4.13. The largest absolute Gasteiger partial charge is 0.348 e. The minimum atomic E-state index is -0.211. The number of fused-ring (bicyclic) bond motifs is 1. The lowest BCUT2D eigenvalue weighted by Crippen LogP contribution is -2.29. The maximum absolute atomic E-state index is 13.5. The van der Waals surface area contributed by atoms with Gasteiger partial charge in [-0.3, -0.25) is 0 Å². The molecule has 0 aliphatic carbocycles. The van der Waals surface area contributed by atoms with Gasteiger partial charge in [0.05, 0.1) is 4.70 Å². The molecule has 92 valence electrons. The van der Waals surface area contributed by atoms with Crippen molar-refractivity contribution in [3.8, 4) is 0 Å². The van der Waals surface area contributed by atoms with Crippen molar-refractivity contribution >= 4 is 39.1 Å². The van der Waals surface area contributed by atoms with E-state index in [1.807, 2.05) is 6.07 Å². The molecule has 0 unspecified atom stereocenters. The first kappa shape index (κ1) is 12.6. The van der Waals surface area contributed by atoms with E-state index in [2.05, 4.69) is 9.88 Å². The number of aromatic nitrogens is 1. The number of hydrogen-bond acceptors (Lipinski definition) is 3. The van der Waals surface area contributed by atoms with Crippen LogP contribution in [0.25, 0.3) is 10.2 Å². The second kappa shape index (κ2) is 5.19. The molecule has 0 amide bonds. The number of nitrogens with zero attached hydrogens (tertiary/aromatic N) is 2. The molecule has 0 N–H and O–H groups in total. The molecule has 0 bridgehead atoms. The molecule has 5 heteroatoms.